The molecule has 0 heterocycles. The van der Waals surface area contributed by atoms with E-state index in [1.54, 1.807) is 0 Å². The predicted molar refractivity (Wildman–Crippen MR) is 175 cm³/mol. The van der Waals surface area contributed by atoms with E-state index < -0.39 is 5.97 Å². The quantitative estimate of drug-likeness (QED) is 0.0516. The Morgan fingerprint density at radius 3 is 1.79 bits per heavy atom. The van der Waals surface area contributed by atoms with Gasteiger partial charge < -0.3 is 15.2 Å². The van der Waals surface area contributed by atoms with E-state index >= 15 is 0 Å². The molecule has 0 bridgehead atoms. The van der Waals surface area contributed by atoms with Gasteiger partial charge in [0.2, 0.25) is 5.91 Å². The van der Waals surface area contributed by atoms with Gasteiger partial charge in [0.25, 0.3) is 0 Å². The molecule has 6 heteroatoms. The van der Waals surface area contributed by atoms with Crippen LogP contribution in [0.15, 0.2) is 48.6 Å². The summed E-state index contributed by atoms with van der Waals surface area (Å²) in [5.74, 6) is -1.34. The Morgan fingerprint density at radius 1 is 0.643 bits per heavy atom. The Bertz CT molecular complexity index is 784. The third-order valence-electron chi connectivity index (χ3n) is 7.02. The number of aliphatic carboxylic acids is 1. The number of carboxylic acids is 1. The van der Waals surface area contributed by atoms with Crippen molar-refractivity contribution in [1.29, 1.82) is 0 Å². The molecule has 0 aliphatic heterocycles. The molecule has 0 rings (SSSR count). The number of rotatable bonds is 29. The molecule has 1 unspecified atom stereocenters. The van der Waals surface area contributed by atoms with Crippen molar-refractivity contribution < 1.29 is 24.2 Å². The van der Waals surface area contributed by atoms with Crippen LogP contribution in [0, 0.1) is 0 Å². The molecule has 0 aliphatic carbocycles. The molecule has 0 fully saturated rings. The first kappa shape index (κ1) is 39.4. The van der Waals surface area contributed by atoms with Crippen LogP contribution in [0.1, 0.15) is 149 Å². The van der Waals surface area contributed by atoms with Gasteiger partial charge in [-0.2, -0.15) is 0 Å². The Hall–Kier alpha value is -2.63. The van der Waals surface area contributed by atoms with E-state index in [0.717, 1.165) is 89.9 Å². The highest BCUT2D eigenvalue weighted by atomic mass is 16.5. The third kappa shape index (κ3) is 30.3. The average Bonchev–Trinajstić information content (AvgIpc) is 2.97. The zero-order valence-electron chi connectivity index (χ0n) is 26.8. The maximum Gasteiger partial charge on any atom is 0.322 e. The molecular formula is C36H61NO5. The molecule has 0 aliphatic rings. The van der Waals surface area contributed by atoms with Crippen molar-refractivity contribution in [2.24, 2.45) is 0 Å². The highest BCUT2D eigenvalue weighted by molar-refractivity contribution is 5.80. The van der Waals surface area contributed by atoms with E-state index in [9.17, 15) is 14.4 Å². The van der Waals surface area contributed by atoms with Crippen molar-refractivity contribution in [1.82, 2.24) is 5.32 Å². The SMILES string of the molecule is CC/C=C\C/C=C\C/C=C\C/C=C\CCCCCCCCC(=O)OC(CCCCC)CCCCCC(=O)NCC(=O)O. The summed E-state index contributed by atoms with van der Waals surface area (Å²) in [6, 6.07) is 0. The van der Waals surface area contributed by atoms with E-state index in [1.807, 2.05) is 0 Å². The molecule has 1 atom stereocenters. The molecule has 0 aromatic carbocycles. The van der Waals surface area contributed by atoms with Gasteiger partial charge in [-0.1, -0.05) is 107 Å². The summed E-state index contributed by atoms with van der Waals surface area (Å²) in [7, 11) is 0. The Labute approximate surface area is 257 Å². The minimum Gasteiger partial charge on any atom is -0.480 e. The second-order valence-corrected chi connectivity index (χ2v) is 11.0. The maximum absolute atomic E-state index is 12.4. The van der Waals surface area contributed by atoms with Gasteiger partial charge in [-0.3, -0.25) is 14.4 Å². The summed E-state index contributed by atoms with van der Waals surface area (Å²) in [5, 5.41) is 11.0. The van der Waals surface area contributed by atoms with Gasteiger partial charge in [-0.25, -0.2) is 0 Å². The predicted octanol–water partition coefficient (Wildman–Crippen LogP) is 9.56. The van der Waals surface area contributed by atoms with Gasteiger partial charge in [0.15, 0.2) is 0 Å². The fraction of sp³-hybridized carbons (Fsp3) is 0.694. The normalized spacial score (nSPS) is 12.6. The first-order valence-electron chi connectivity index (χ1n) is 16.8. The monoisotopic (exact) mass is 587 g/mol. The number of unbranched alkanes of at least 4 members (excludes halogenated alkanes) is 10. The van der Waals surface area contributed by atoms with Gasteiger partial charge >= 0.3 is 11.9 Å². The molecule has 0 aromatic heterocycles. The number of carboxylic acid groups (broad SMARTS) is 1. The van der Waals surface area contributed by atoms with E-state index in [4.69, 9.17) is 9.84 Å². The van der Waals surface area contributed by atoms with Crippen molar-refractivity contribution in [2.45, 2.75) is 155 Å². The summed E-state index contributed by atoms with van der Waals surface area (Å²) in [6.45, 7) is 3.99. The van der Waals surface area contributed by atoms with Crippen LogP contribution in [0.4, 0.5) is 0 Å². The maximum atomic E-state index is 12.4. The zero-order chi connectivity index (χ0) is 30.9. The second-order valence-electron chi connectivity index (χ2n) is 11.0. The van der Waals surface area contributed by atoms with Crippen molar-refractivity contribution in [2.75, 3.05) is 6.54 Å². The summed E-state index contributed by atoms with van der Waals surface area (Å²) in [6.07, 6.45) is 38.3. The van der Waals surface area contributed by atoms with Crippen molar-refractivity contribution in [3.63, 3.8) is 0 Å². The summed E-state index contributed by atoms with van der Waals surface area (Å²) in [5.41, 5.74) is 0. The molecule has 240 valence electrons. The number of ether oxygens (including phenoxy) is 1. The van der Waals surface area contributed by atoms with Crippen molar-refractivity contribution in [3.05, 3.63) is 48.6 Å². The van der Waals surface area contributed by atoms with Crippen LogP contribution < -0.4 is 5.32 Å². The van der Waals surface area contributed by atoms with Gasteiger partial charge in [-0.05, 0) is 77.0 Å². The Morgan fingerprint density at radius 2 is 1.17 bits per heavy atom. The number of esters is 1. The first-order chi connectivity index (χ1) is 20.5. The second kappa shape index (κ2) is 31.3. The van der Waals surface area contributed by atoms with E-state index in [1.165, 1.54) is 25.7 Å². The number of hydrogen-bond donors (Lipinski definition) is 2. The number of nitrogens with one attached hydrogen (secondary N) is 1. The van der Waals surface area contributed by atoms with Gasteiger partial charge in [0, 0.05) is 12.8 Å². The number of carbonyl (C=O) groups is 3. The van der Waals surface area contributed by atoms with Gasteiger partial charge in [-0.15, -0.1) is 0 Å². The molecule has 1 amide bonds. The van der Waals surface area contributed by atoms with Crippen LogP contribution in [0.2, 0.25) is 0 Å². The number of hydrogen-bond acceptors (Lipinski definition) is 4. The lowest BCUT2D eigenvalue weighted by Crippen LogP contribution is -2.28. The zero-order valence-corrected chi connectivity index (χ0v) is 26.8. The fourth-order valence-electron chi connectivity index (χ4n) is 4.56. The highest BCUT2D eigenvalue weighted by Crippen LogP contribution is 2.17. The molecule has 0 aromatic rings. The van der Waals surface area contributed by atoms with Crippen LogP contribution in [-0.2, 0) is 19.1 Å². The minimum absolute atomic E-state index is 0.0387. The number of carbonyl (C=O) groups excluding carboxylic acids is 2. The first-order valence-corrected chi connectivity index (χ1v) is 16.8. The Kier molecular flexibility index (Phi) is 29.3. The molecule has 0 saturated carbocycles. The molecule has 0 radical (unpaired) electrons. The largest absolute Gasteiger partial charge is 0.480 e. The molecule has 6 nitrogen and oxygen atoms in total. The third-order valence-corrected chi connectivity index (χ3v) is 7.02. The molecule has 2 N–H and O–H groups in total. The van der Waals surface area contributed by atoms with Gasteiger partial charge in [0.05, 0.1) is 0 Å². The fourth-order valence-corrected chi connectivity index (χ4v) is 4.56. The van der Waals surface area contributed by atoms with E-state index in [0.29, 0.717) is 19.3 Å². The van der Waals surface area contributed by atoms with Crippen LogP contribution in [0.5, 0.6) is 0 Å². The summed E-state index contributed by atoms with van der Waals surface area (Å²) < 4.78 is 5.83. The smallest absolute Gasteiger partial charge is 0.322 e. The molecule has 42 heavy (non-hydrogen) atoms. The van der Waals surface area contributed by atoms with E-state index in [2.05, 4.69) is 67.8 Å². The highest BCUT2D eigenvalue weighted by Gasteiger charge is 2.14. The standard InChI is InChI=1S/C36H61NO5/c1-3-5-7-8-9-10-11-12-13-14-15-16-17-18-19-20-21-22-27-31-36(41)42-33(28-24-6-4-2)29-25-23-26-30-34(38)37-32-35(39)40/h5,7,9-10,12-13,15-16,33H,3-4,6,8,11,14,17-32H2,1-2H3,(H,37,38)(H,39,40)/b7-5-,10-9-,13-12-,16-15-. The minimum atomic E-state index is -1.03. The Balaban J connectivity index is 3.85. The van der Waals surface area contributed by atoms with E-state index in [-0.39, 0.29) is 24.5 Å². The molecule has 0 spiro atoms. The van der Waals surface area contributed by atoms with Crippen molar-refractivity contribution >= 4 is 17.8 Å². The number of allylic oxidation sites excluding steroid dienone is 8. The van der Waals surface area contributed by atoms with Crippen LogP contribution in [0.3, 0.4) is 0 Å². The lowest BCUT2D eigenvalue weighted by Gasteiger charge is -2.18. The topological polar surface area (TPSA) is 92.7 Å². The van der Waals surface area contributed by atoms with Crippen molar-refractivity contribution in [3.8, 4) is 0 Å². The average molecular weight is 588 g/mol. The van der Waals surface area contributed by atoms with Crippen LogP contribution >= 0.6 is 0 Å². The van der Waals surface area contributed by atoms with Gasteiger partial charge in [0.1, 0.15) is 12.6 Å². The number of amides is 1. The van der Waals surface area contributed by atoms with Crippen LogP contribution in [-0.4, -0.2) is 35.6 Å². The van der Waals surface area contributed by atoms with Crippen LogP contribution in [0.25, 0.3) is 0 Å². The molecule has 0 saturated heterocycles. The lowest BCUT2D eigenvalue weighted by molar-refractivity contribution is -0.150. The lowest BCUT2D eigenvalue weighted by atomic mass is 10.0. The summed E-state index contributed by atoms with van der Waals surface area (Å²) >= 11 is 0. The summed E-state index contributed by atoms with van der Waals surface area (Å²) in [4.78, 5) is 34.6. The molecular weight excluding hydrogens is 526 g/mol.